The molecule has 0 aliphatic heterocycles. The summed E-state index contributed by atoms with van der Waals surface area (Å²) in [7, 11) is 1.65. The van der Waals surface area contributed by atoms with Gasteiger partial charge in [-0.25, -0.2) is 0 Å². The van der Waals surface area contributed by atoms with Gasteiger partial charge >= 0.3 is 0 Å². The van der Waals surface area contributed by atoms with Crippen LogP contribution in [0.15, 0.2) is 23.6 Å². The van der Waals surface area contributed by atoms with E-state index in [0.29, 0.717) is 0 Å². The van der Waals surface area contributed by atoms with Crippen LogP contribution in [0.4, 0.5) is 0 Å². The first-order valence-electron chi connectivity index (χ1n) is 4.43. The van der Waals surface area contributed by atoms with Crippen LogP contribution in [-0.4, -0.2) is 13.0 Å². The van der Waals surface area contributed by atoms with Crippen molar-refractivity contribution in [3.8, 4) is 0 Å². The highest BCUT2D eigenvalue weighted by Crippen LogP contribution is 2.28. The smallest absolute Gasteiger partial charge is 0.252 e. The second-order valence-corrected chi connectivity index (χ2v) is 4.06. The Bertz CT molecular complexity index is 487. The van der Waals surface area contributed by atoms with Crippen LogP contribution >= 0.6 is 11.3 Å². The summed E-state index contributed by atoms with van der Waals surface area (Å²) in [5.74, 6) is -0.0163. The first-order chi connectivity index (χ1) is 6.74. The quantitative estimate of drug-likeness (QED) is 0.761. The molecule has 0 fully saturated rings. The zero-order valence-corrected chi connectivity index (χ0v) is 8.94. The summed E-state index contributed by atoms with van der Waals surface area (Å²) >= 11 is 1.62. The van der Waals surface area contributed by atoms with Gasteiger partial charge in [-0.05, 0) is 29.3 Å². The van der Waals surface area contributed by atoms with Gasteiger partial charge in [-0.2, -0.15) is 0 Å². The molecular formula is C11H11NOS. The first kappa shape index (κ1) is 9.21. The van der Waals surface area contributed by atoms with E-state index in [4.69, 9.17) is 0 Å². The number of benzene rings is 1. The molecule has 2 nitrogen and oxygen atoms in total. The number of carbonyl (C=O) groups excluding carboxylic acids is 1. The number of rotatable bonds is 1. The van der Waals surface area contributed by atoms with Crippen molar-refractivity contribution in [1.82, 2.24) is 5.32 Å². The third-order valence-electron chi connectivity index (χ3n) is 2.27. The number of aryl methyl sites for hydroxylation is 1. The minimum Gasteiger partial charge on any atom is -0.355 e. The highest BCUT2D eigenvalue weighted by Gasteiger charge is 2.10. The van der Waals surface area contributed by atoms with E-state index in [1.807, 2.05) is 18.2 Å². The SMILES string of the molecule is CNC(=O)c1cccc2c(C)csc12. The Morgan fingerprint density at radius 3 is 2.93 bits per heavy atom. The van der Waals surface area contributed by atoms with Gasteiger partial charge in [0.2, 0.25) is 0 Å². The van der Waals surface area contributed by atoms with Crippen molar-refractivity contribution in [2.75, 3.05) is 7.05 Å². The third kappa shape index (κ3) is 1.30. The Hall–Kier alpha value is -1.35. The Morgan fingerprint density at radius 2 is 2.21 bits per heavy atom. The molecule has 1 heterocycles. The van der Waals surface area contributed by atoms with E-state index in [-0.39, 0.29) is 5.91 Å². The second kappa shape index (κ2) is 3.42. The lowest BCUT2D eigenvalue weighted by atomic mass is 10.1. The minimum atomic E-state index is -0.0163. The summed E-state index contributed by atoms with van der Waals surface area (Å²) in [6.45, 7) is 2.06. The molecule has 0 radical (unpaired) electrons. The molecular weight excluding hydrogens is 194 g/mol. The number of carbonyl (C=O) groups is 1. The maximum Gasteiger partial charge on any atom is 0.252 e. The lowest BCUT2D eigenvalue weighted by Gasteiger charge is -2.00. The summed E-state index contributed by atoms with van der Waals surface area (Å²) in [4.78, 5) is 11.5. The molecule has 72 valence electrons. The van der Waals surface area contributed by atoms with E-state index >= 15 is 0 Å². The van der Waals surface area contributed by atoms with Crippen molar-refractivity contribution >= 4 is 27.3 Å². The van der Waals surface area contributed by atoms with Crippen LogP contribution < -0.4 is 5.32 Å². The van der Waals surface area contributed by atoms with Gasteiger partial charge in [0, 0.05) is 11.7 Å². The Morgan fingerprint density at radius 1 is 1.43 bits per heavy atom. The number of hydrogen-bond donors (Lipinski definition) is 1. The van der Waals surface area contributed by atoms with Crippen LogP contribution in [0.3, 0.4) is 0 Å². The van der Waals surface area contributed by atoms with Crippen molar-refractivity contribution in [3.05, 3.63) is 34.7 Å². The van der Waals surface area contributed by atoms with Crippen molar-refractivity contribution in [2.45, 2.75) is 6.92 Å². The number of amides is 1. The van der Waals surface area contributed by atoms with E-state index in [2.05, 4.69) is 17.6 Å². The molecule has 0 aliphatic carbocycles. The molecule has 14 heavy (non-hydrogen) atoms. The summed E-state index contributed by atoms with van der Waals surface area (Å²) in [5, 5.41) is 5.91. The minimum absolute atomic E-state index is 0.0163. The van der Waals surface area contributed by atoms with Gasteiger partial charge in [0.1, 0.15) is 0 Å². The average molecular weight is 205 g/mol. The van der Waals surface area contributed by atoms with Gasteiger partial charge in [0.15, 0.2) is 0 Å². The predicted molar refractivity (Wildman–Crippen MR) is 60.0 cm³/mol. The van der Waals surface area contributed by atoms with Crippen LogP contribution in [0.2, 0.25) is 0 Å². The average Bonchev–Trinajstić information content (AvgIpc) is 2.59. The summed E-state index contributed by atoms with van der Waals surface area (Å²) in [5.41, 5.74) is 2.00. The lowest BCUT2D eigenvalue weighted by Crippen LogP contribution is -2.17. The maximum absolute atomic E-state index is 11.5. The second-order valence-electron chi connectivity index (χ2n) is 3.18. The van der Waals surface area contributed by atoms with E-state index in [0.717, 1.165) is 10.3 Å². The molecule has 0 atom stereocenters. The fraction of sp³-hybridized carbons (Fsp3) is 0.182. The largest absolute Gasteiger partial charge is 0.355 e. The fourth-order valence-electron chi connectivity index (χ4n) is 1.50. The maximum atomic E-state index is 11.5. The van der Waals surface area contributed by atoms with E-state index in [9.17, 15) is 4.79 Å². The summed E-state index contributed by atoms with van der Waals surface area (Å²) in [6.07, 6.45) is 0. The monoisotopic (exact) mass is 205 g/mol. The highest BCUT2D eigenvalue weighted by atomic mass is 32.1. The Labute approximate surface area is 86.6 Å². The normalized spacial score (nSPS) is 10.4. The van der Waals surface area contributed by atoms with Crippen LogP contribution in [0, 0.1) is 6.92 Å². The van der Waals surface area contributed by atoms with E-state index in [1.165, 1.54) is 10.9 Å². The van der Waals surface area contributed by atoms with Crippen molar-refractivity contribution < 1.29 is 4.79 Å². The molecule has 0 spiro atoms. The van der Waals surface area contributed by atoms with Gasteiger partial charge in [-0.15, -0.1) is 11.3 Å². The lowest BCUT2D eigenvalue weighted by molar-refractivity contribution is 0.0965. The van der Waals surface area contributed by atoms with Gasteiger partial charge in [-0.3, -0.25) is 4.79 Å². The number of thiophene rings is 1. The molecule has 1 aromatic heterocycles. The predicted octanol–water partition coefficient (Wildman–Crippen LogP) is 2.57. The van der Waals surface area contributed by atoms with Crippen LogP contribution in [0.5, 0.6) is 0 Å². The molecule has 2 rings (SSSR count). The molecule has 1 amide bonds. The highest BCUT2D eigenvalue weighted by molar-refractivity contribution is 7.17. The van der Waals surface area contributed by atoms with Crippen molar-refractivity contribution in [1.29, 1.82) is 0 Å². The molecule has 0 saturated heterocycles. The zero-order valence-electron chi connectivity index (χ0n) is 8.13. The first-order valence-corrected chi connectivity index (χ1v) is 5.31. The summed E-state index contributed by atoms with van der Waals surface area (Å²) in [6, 6.07) is 5.83. The van der Waals surface area contributed by atoms with Gasteiger partial charge in [0.25, 0.3) is 5.91 Å². The Balaban J connectivity index is 2.71. The molecule has 0 aliphatic rings. The van der Waals surface area contributed by atoms with Gasteiger partial charge < -0.3 is 5.32 Å². The Kier molecular flexibility index (Phi) is 2.25. The fourth-order valence-corrected chi connectivity index (χ4v) is 2.56. The van der Waals surface area contributed by atoms with E-state index in [1.54, 1.807) is 18.4 Å². The van der Waals surface area contributed by atoms with Crippen molar-refractivity contribution in [2.24, 2.45) is 0 Å². The molecule has 0 unspecified atom stereocenters. The molecule has 3 heteroatoms. The zero-order chi connectivity index (χ0) is 10.1. The van der Waals surface area contributed by atoms with Crippen LogP contribution in [0.25, 0.3) is 10.1 Å². The van der Waals surface area contributed by atoms with Gasteiger partial charge in [0.05, 0.1) is 5.56 Å². The van der Waals surface area contributed by atoms with Gasteiger partial charge in [-0.1, -0.05) is 12.1 Å². The standard InChI is InChI=1S/C11H11NOS/c1-7-6-14-10-8(7)4-3-5-9(10)11(13)12-2/h3-6H,1-2H3,(H,12,13). The molecule has 1 N–H and O–H groups in total. The number of nitrogens with one attached hydrogen (secondary N) is 1. The van der Waals surface area contributed by atoms with Crippen molar-refractivity contribution in [3.63, 3.8) is 0 Å². The number of fused-ring (bicyclic) bond motifs is 1. The third-order valence-corrected chi connectivity index (χ3v) is 3.41. The van der Waals surface area contributed by atoms with Crippen LogP contribution in [0.1, 0.15) is 15.9 Å². The number of hydrogen-bond acceptors (Lipinski definition) is 2. The summed E-state index contributed by atoms with van der Waals surface area (Å²) < 4.78 is 1.07. The van der Waals surface area contributed by atoms with Crippen LogP contribution in [-0.2, 0) is 0 Å². The molecule has 0 bridgehead atoms. The molecule has 1 aromatic carbocycles. The van der Waals surface area contributed by atoms with E-state index < -0.39 is 0 Å². The molecule has 0 saturated carbocycles. The molecule has 2 aromatic rings. The topological polar surface area (TPSA) is 29.1 Å².